The number of rotatable bonds is 6. The van der Waals surface area contributed by atoms with Crippen molar-refractivity contribution in [2.75, 3.05) is 19.8 Å². The summed E-state index contributed by atoms with van der Waals surface area (Å²) in [6.07, 6.45) is 15.3. The van der Waals surface area contributed by atoms with E-state index in [4.69, 9.17) is 33.5 Å². The molecular weight excluding hydrogens is 256 g/mol. The van der Waals surface area contributed by atoms with Crippen molar-refractivity contribution >= 4 is 5.97 Å². The van der Waals surface area contributed by atoms with E-state index in [-0.39, 0.29) is 36.9 Å². The predicted molar refractivity (Wildman–Crippen MR) is 74.2 cm³/mol. The van der Waals surface area contributed by atoms with Gasteiger partial charge in [-0.05, 0) is 12.1 Å². The molecule has 20 heavy (non-hydrogen) atoms. The van der Waals surface area contributed by atoms with Crippen LogP contribution in [0.4, 0.5) is 0 Å². The van der Waals surface area contributed by atoms with Crippen LogP contribution in [0.3, 0.4) is 0 Å². The zero-order valence-corrected chi connectivity index (χ0v) is 10.7. The molecule has 0 bridgehead atoms. The van der Waals surface area contributed by atoms with Crippen molar-refractivity contribution in [2.45, 2.75) is 0 Å². The van der Waals surface area contributed by atoms with Crippen LogP contribution in [0, 0.1) is 37.0 Å². The Hall–Kier alpha value is -3.03. The number of benzene rings is 1. The second-order valence-electron chi connectivity index (χ2n) is 3.40. The molecule has 1 rings (SSSR count). The van der Waals surface area contributed by atoms with Gasteiger partial charge in [0.2, 0.25) is 0 Å². The summed E-state index contributed by atoms with van der Waals surface area (Å²) in [5, 5.41) is 0. The maximum Gasteiger partial charge on any atom is 0.346 e. The van der Waals surface area contributed by atoms with Gasteiger partial charge in [0.25, 0.3) is 0 Å². The summed E-state index contributed by atoms with van der Waals surface area (Å²) in [7, 11) is 0. The molecule has 0 N–H and O–H groups in total. The van der Waals surface area contributed by atoms with Gasteiger partial charge >= 0.3 is 5.97 Å². The van der Waals surface area contributed by atoms with E-state index in [1.54, 1.807) is 18.2 Å². The van der Waals surface area contributed by atoms with E-state index in [1.807, 2.05) is 0 Å². The van der Waals surface area contributed by atoms with Crippen LogP contribution in [0.15, 0.2) is 18.2 Å². The SMILES string of the molecule is C#CCOC(=O)c1c(OCC#C)cccc1OCC#C. The number of carbonyl (C=O) groups is 1. The maximum absolute atomic E-state index is 12.0. The van der Waals surface area contributed by atoms with Crippen molar-refractivity contribution in [3.05, 3.63) is 23.8 Å². The maximum atomic E-state index is 12.0. The van der Waals surface area contributed by atoms with E-state index < -0.39 is 5.97 Å². The Kier molecular flexibility index (Phi) is 6.12. The molecule has 0 atom stereocenters. The summed E-state index contributed by atoms with van der Waals surface area (Å²) < 4.78 is 15.5. The molecule has 0 aliphatic rings. The lowest BCUT2D eigenvalue weighted by molar-refractivity contribution is 0.0548. The van der Waals surface area contributed by atoms with Gasteiger partial charge in [0, 0.05) is 0 Å². The third-order valence-electron chi connectivity index (χ3n) is 2.10. The van der Waals surface area contributed by atoms with Crippen LogP contribution < -0.4 is 9.47 Å². The second-order valence-corrected chi connectivity index (χ2v) is 3.40. The minimum Gasteiger partial charge on any atom is -0.480 e. The zero-order chi connectivity index (χ0) is 14.8. The first-order valence-corrected chi connectivity index (χ1v) is 5.60. The first kappa shape index (κ1) is 15.0. The highest BCUT2D eigenvalue weighted by Gasteiger charge is 2.20. The molecule has 0 saturated heterocycles. The number of terminal acetylenes is 3. The molecule has 4 nitrogen and oxygen atoms in total. The summed E-state index contributed by atoms with van der Waals surface area (Å²) in [5.74, 6) is 6.66. The highest BCUT2D eigenvalue weighted by Crippen LogP contribution is 2.29. The first-order chi connectivity index (χ1) is 9.74. The van der Waals surface area contributed by atoms with E-state index in [0.717, 1.165) is 0 Å². The Balaban J connectivity index is 3.11. The van der Waals surface area contributed by atoms with Gasteiger partial charge < -0.3 is 14.2 Å². The van der Waals surface area contributed by atoms with Crippen LogP contribution in [-0.2, 0) is 4.74 Å². The topological polar surface area (TPSA) is 44.8 Å². The van der Waals surface area contributed by atoms with Crippen LogP contribution in [-0.4, -0.2) is 25.8 Å². The third-order valence-corrected chi connectivity index (χ3v) is 2.10. The molecule has 0 aromatic heterocycles. The van der Waals surface area contributed by atoms with E-state index in [9.17, 15) is 4.79 Å². The lowest BCUT2D eigenvalue weighted by Crippen LogP contribution is -2.11. The van der Waals surface area contributed by atoms with Gasteiger partial charge in [0.15, 0.2) is 6.61 Å². The minimum absolute atomic E-state index is 0.00795. The molecule has 100 valence electrons. The molecule has 0 spiro atoms. The summed E-state index contributed by atoms with van der Waals surface area (Å²) in [6, 6.07) is 4.80. The fourth-order valence-electron chi connectivity index (χ4n) is 1.37. The molecule has 0 heterocycles. The van der Waals surface area contributed by atoms with Crippen molar-refractivity contribution in [1.82, 2.24) is 0 Å². The van der Waals surface area contributed by atoms with Crippen molar-refractivity contribution in [3.8, 4) is 48.5 Å². The van der Waals surface area contributed by atoms with Gasteiger partial charge in [0.05, 0.1) is 0 Å². The monoisotopic (exact) mass is 268 g/mol. The normalized spacial score (nSPS) is 8.65. The van der Waals surface area contributed by atoms with Crippen molar-refractivity contribution in [2.24, 2.45) is 0 Å². The Morgan fingerprint density at radius 1 is 0.950 bits per heavy atom. The molecule has 0 fully saturated rings. The summed E-state index contributed by atoms with van der Waals surface area (Å²) in [6.45, 7) is -0.140. The average Bonchev–Trinajstić information content (AvgIpc) is 2.48. The molecule has 0 aliphatic carbocycles. The van der Waals surface area contributed by atoms with E-state index in [0.29, 0.717) is 0 Å². The smallest absolute Gasteiger partial charge is 0.346 e. The molecule has 0 unspecified atom stereocenters. The molecule has 1 aromatic rings. The van der Waals surface area contributed by atoms with Crippen molar-refractivity contribution in [3.63, 3.8) is 0 Å². The number of carbonyl (C=O) groups excluding carboxylic acids is 1. The van der Waals surface area contributed by atoms with E-state index in [1.165, 1.54) is 0 Å². The zero-order valence-electron chi connectivity index (χ0n) is 10.7. The molecule has 1 aromatic carbocycles. The van der Waals surface area contributed by atoms with Crippen LogP contribution in [0.2, 0.25) is 0 Å². The van der Waals surface area contributed by atoms with Crippen molar-refractivity contribution < 1.29 is 19.0 Å². The van der Waals surface area contributed by atoms with Gasteiger partial charge in [0.1, 0.15) is 30.3 Å². The average molecular weight is 268 g/mol. The van der Waals surface area contributed by atoms with Gasteiger partial charge in [-0.1, -0.05) is 23.8 Å². The van der Waals surface area contributed by atoms with Gasteiger partial charge in [-0.3, -0.25) is 0 Å². The van der Waals surface area contributed by atoms with Gasteiger partial charge in [-0.15, -0.1) is 19.3 Å². The molecule has 0 aliphatic heterocycles. The Labute approximate surface area is 118 Å². The highest BCUT2D eigenvalue weighted by atomic mass is 16.5. The van der Waals surface area contributed by atoms with Crippen LogP contribution in [0.1, 0.15) is 10.4 Å². The molecule has 0 amide bonds. The van der Waals surface area contributed by atoms with E-state index in [2.05, 4.69) is 17.8 Å². The quantitative estimate of drug-likeness (QED) is 0.579. The number of hydrogen-bond acceptors (Lipinski definition) is 4. The number of esters is 1. The van der Waals surface area contributed by atoms with Crippen LogP contribution >= 0.6 is 0 Å². The molecule has 4 heteroatoms. The Bertz CT molecular complexity index is 560. The third kappa shape index (κ3) is 4.02. The number of ether oxygens (including phenoxy) is 3. The summed E-state index contributed by atoms with van der Waals surface area (Å²) in [4.78, 5) is 12.0. The first-order valence-electron chi connectivity index (χ1n) is 5.60. The number of hydrogen-bond donors (Lipinski definition) is 0. The molecule has 0 saturated carbocycles. The van der Waals surface area contributed by atoms with Crippen molar-refractivity contribution in [1.29, 1.82) is 0 Å². The lowest BCUT2D eigenvalue weighted by atomic mass is 10.1. The second kappa shape index (κ2) is 8.14. The fourth-order valence-corrected chi connectivity index (χ4v) is 1.37. The Morgan fingerprint density at radius 3 is 1.90 bits per heavy atom. The fraction of sp³-hybridized carbons (Fsp3) is 0.188. The van der Waals surface area contributed by atoms with E-state index >= 15 is 0 Å². The van der Waals surface area contributed by atoms with Crippen LogP contribution in [0.25, 0.3) is 0 Å². The largest absolute Gasteiger partial charge is 0.480 e. The summed E-state index contributed by atoms with van der Waals surface area (Å²) in [5.41, 5.74) is 0.105. The lowest BCUT2D eigenvalue weighted by Gasteiger charge is -2.13. The minimum atomic E-state index is -0.664. The summed E-state index contributed by atoms with van der Waals surface area (Å²) >= 11 is 0. The standard InChI is InChI=1S/C16H12O4/c1-4-10-18-13-8-7-9-14(19-11-5-2)15(13)16(17)20-12-6-3/h1-3,7-9H,10-12H2. The Morgan fingerprint density at radius 2 is 1.45 bits per heavy atom. The van der Waals surface area contributed by atoms with Gasteiger partial charge in [-0.2, -0.15) is 0 Å². The molecular formula is C16H12O4. The van der Waals surface area contributed by atoms with Gasteiger partial charge in [-0.25, -0.2) is 4.79 Å². The van der Waals surface area contributed by atoms with Crippen LogP contribution in [0.5, 0.6) is 11.5 Å². The molecule has 0 radical (unpaired) electrons. The highest BCUT2D eigenvalue weighted by molar-refractivity contribution is 5.95. The predicted octanol–water partition coefficient (Wildman–Crippen LogP) is 1.50.